The number of hydrogen-bond donors (Lipinski definition) is 1. The fourth-order valence-electron chi connectivity index (χ4n) is 6.87. The molecule has 1 aromatic rings. The summed E-state index contributed by atoms with van der Waals surface area (Å²) < 4.78 is 0. The first-order chi connectivity index (χ1) is 17.2. The SMILES string of the molecule is C[C@@H]1CC[C@@H]2C(=O)N(c3ccc(N4CCC(C(N)=O)(N5CCCCC5)CC4)c([N+](=O)[O-])c3)C(=O)[C@H]2C1. The normalized spacial score (nSPS) is 28.8. The zero-order valence-electron chi connectivity index (χ0n) is 20.9. The predicted molar refractivity (Wildman–Crippen MR) is 134 cm³/mol. The Morgan fingerprint density at radius 2 is 1.69 bits per heavy atom. The van der Waals surface area contributed by atoms with E-state index >= 15 is 0 Å². The van der Waals surface area contributed by atoms with Crippen molar-refractivity contribution in [1.82, 2.24) is 4.90 Å². The molecule has 5 rings (SSSR count). The maximum Gasteiger partial charge on any atom is 0.294 e. The quantitative estimate of drug-likeness (QED) is 0.376. The monoisotopic (exact) mass is 497 g/mol. The smallest absolute Gasteiger partial charge is 0.294 e. The first-order valence-electron chi connectivity index (χ1n) is 13.2. The van der Waals surface area contributed by atoms with Gasteiger partial charge in [-0.15, -0.1) is 0 Å². The van der Waals surface area contributed by atoms with Gasteiger partial charge in [0, 0.05) is 19.2 Å². The van der Waals surface area contributed by atoms with Crippen LogP contribution in [0.1, 0.15) is 58.3 Å². The molecule has 10 nitrogen and oxygen atoms in total. The van der Waals surface area contributed by atoms with Crippen LogP contribution in [0.5, 0.6) is 0 Å². The summed E-state index contributed by atoms with van der Waals surface area (Å²) in [7, 11) is 0. The maximum absolute atomic E-state index is 13.1. The lowest BCUT2D eigenvalue weighted by Gasteiger charge is -2.48. The Balaban J connectivity index is 1.38. The molecule has 3 amide bonds. The lowest BCUT2D eigenvalue weighted by atomic mass is 9.76. The molecule has 2 N–H and O–H groups in total. The average molecular weight is 498 g/mol. The van der Waals surface area contributed by atoms with E-state index in [1.165, 1.54) is 6.07 Å². The van der Waals surface area contributed by atoms with Crippen LogP contribution >= 0.6 is 0 Å². The number of nitro benzene ring substituents is 1. The Morgan fingerprint density at radius 3 is 2.33 bits per heavy atom. The number of hydrogen-bond acceptors (Lipinski definition) is 7. The number of nitro groups is 1. The molecule has 0 aromatic heterocycles. The van der Waals surface area contributed by atoms with Crippen LogP contribution in [0.4, 0.5) is 17.1 Å². The van der Waals surface area contributed by atoms with Crippen LogP contribution in [-0.4, -0.2) is 59.3 Å². The number of nitrogens with two attached hydrogens (primary N) is 1. The number of anilines is 2. The minimum absolute atomic E-state index is 0.138. The van der Waals surface area contributed by atoms with E-state index in [4.69, 9.17) is 5.73 Å². The summed E-state index contributed by atoms with van der Waals surface area (Å²) in [6.07, 6.45) is 6.51. The molecule has 0 spiro atoms. The number of amides is 3. The minimum atomic E-state index is -0.715. The molecule has 4 aliphatic rings. The standard InChI is InChI=1S/C26H35N5O5/c1-17-5-7-19-20(15-17)24(33)30(23(19)32)18-6-8-21(22(16-18)31(35)36)28-13-9-26(10-14-28,25(27)34)29-11-3-2-4-12-29/h6,8,16-17,19-20H,2-5,7,9-15H2,1H3,(H2,27,34)/t17-,19+,20+/m1/s1. The van der Waals surface area contributed by atoms with Crippen LogP contribution < -0.4 is 15.5 Å². The van der Waals surface area contributed by atoms with Crippen LogP contribution in [0.25, 0.3) is 0 Å². The lowest BCUT2D eigenvalue weighted by molar-refractivity contribution is -0.384. The lowest BCUT2D eigenvalue weighted by Crippen LogP contribution is -2.63. The first kappa shape index (κ1) is 24.7. The number of primary amides is 1. The van der Waals surface area contributed by atoms with Crippen LogP contribution in [-0.2, 0) is 14.4 Å². The second kappa shape index (κ2) is 9.46. The Labute approximate surface area is 210 Å². The second-order valence-corrected chi connectivity index (χ2v) is 11.0. The number of carbonyl (C=O) groups is 3. The van der Waals surface area contributed by atoms with E-state index in [0.717, 1.165) is 43.7 Å². The van der Waals surface area contributed by atoms with Gasteiger partial charge in [-0.1, -0.05) is 13.3 Å². The van der Waals surface area contributed by atoms with Gasteiger partial charge < -0.3 is 10.6 Å². The van der Waals surface area contributed by atoms with Crippen LogP contribution in [0, 0.1) is 27.9 Å². The molecule has 0 radical (unpaired) electrons. The number of fused-ring (bicyclic) bond motifs is 1. The molecule has 1 aliphatic carbocycles. The molecule has 1 aromatic carbocycles. The summed E-state index contributed by atoms with van der Waals surface area (Å²) in [5, 5.41) is 12.1. The first-order valence-corrected chi connectivity index (χ1v) is 13.2. The zero-order chi connectivity index (χ0) is 25.6. The number of rotatable bonds is 5. The summed E-state index contributed by atoms with van der Waals surface area (Å²) >= 11 is 0. The third-order valence-corrected chi connectivity index (χ3v) is 8.95. The largest absolute Gasteiger partial charge is 0.368 e. The van der Waals surface area contributed by atoms with E-state index in [1.807, 2.05) is 4.90 Å². The van der Waals surface area contributed by atoms with Crippen molar-refractivity contribution < 1.29 is 19.3 Å². The van der Waals surface area contributed by atoms with Crippen LogP contribution in [0.2, 0.25) is 0 Å². The second-order valence-electron chi connectivity index (χ2n) is 11.0. The Morgan fingerprint density at radius 1 is 1.03 bits per heavy atom. The zero-order valence-corrected chi connectivity index (χ0v) is 20.9. The van der Waals surface area contributed by atoms with Gasteiger partial charge in [-0.2, -0.15) is 0 Å². The van der Waals surface area contributed by atoms with Gasteiger partial charge in [-0.25, -0.2) is 4.90 Å². The fraction of sp³-hybridized carbons (Fsp3) is 0.654. The number of piperidine rings is 2. The molecule has 194 valence electrons. The van der Waals surface area contributed by atoms with Crippen LogP contribution in [0.3, 0.4) is 0 Å². The van der Waals surface area contributed by atoms with E-state index in [0.29, 0.717) is 50.4 Å². The van der Waals surface area contributed by atoms with Gasteiger partial charge in [-0.3, -0.25) is 29.4 Å². The molecule has 3 heterocycles. The Bertz CT molecular complexity index is 1080. The average Bonchev–Trinajstić information content (AvgIpc) is 3.13. The maximum atomic E-state index is 13.1. The van der Waals surface area contributed by atoms with Crippen LogP contribution in [0.15, 0.2) is 18.2 Å². The van der Waals surface area contributed by atoms with Gasteiger partial charge in [0.05, 0.1) is 22.4 Å². The molecule has 10 heteroatoms. The van der Waals surface area contributed by atoms with E-state index in [1.54, 1.807) is 12.1 Å². The molecule has 1 saturated carbocycles. The predicted octanol–water partition coefficient (Wildman–Crippen LogP) is 2.83. The summed E-state index contributed by atoms with van der Waals surface area (Å²) in [6.45, 7) is 4.70. The molecule has 36 heavy (non-hydrogen) atoms. The Hall–Kier alpha value is -3.01. The number of carbonyl (C=O) groups excluding carboxylic acids is 3. The van der Waals surface area contributed by atoms with E-state index < -0.39 is 10.5 Å². The molecule has 0 bridgehead atoms. The molecule has 3 aliphatic heterocycles. The number of nitrogens with zero attached hydrogens (tertiary/aromatic N) is 4. The highest BCUT2D eigenvalue weighted by Crippen LogP contribution is 2.44. The number of likely N-dealkylation sites (tertiary alicyclic amines) is 1. The molecular weight excluding hydrogens is 462 g/mol. The van der Waals surface area contributed by atoms with Crippen molar-refractivity contribution in [2.75, 3.05) is 36.0 Å². The van der Waals surface area contributed by atoms with Crippen molar-refractivity contribution in [2.24, 2.45) is 23.5 Å². The molecule has 4 fully saturated rings. The van der Waals surface area contributed by atoms with Gasteiger partial charge in [-0.05, 0) is 76.1 Å². The van der Waals surface area contributed by atoms with Gasteiger partial charge in [0.25, 0.3) is 5.69 Å². The van der Waals surface area contributed by atoms with Crippen molar-refractivity contribution in [3.63, 3.8) is 0 Å². The molecular formula is C26H35N5O5. The Kier molecular flexibility index (Phi) is 6.48. The van der Waals surface area contributed by atoms with Crippen molar-refractivity contribution in [1.29, 1.82) is 0 Å². The van der Waals surface area contributed by atoms with Gasteiger partial charge >= 0.3 is 0 Å². The topological polar surface area (TPSA) is 130 Å². The fourth-order valence-corrected chi connectivity index (χ4v) is 6.87. The highest BCUT2D eigenvalue weighted by atomic mass is 16.6. The van der Waals surface area contributed by atoms with Crippen molar-refractivity contribution >= 4 is 34.8 Å². The van der Waals surface area contributed by atoms with Gasteiger partial charge in [0.1, 0.15) is 11.2 Å². The summed E-state index contributed by atoms with van der Waals surface area (Å²) in [4.78, 5) is 55.7. The third-order valence-electron chi connectivity index (χ3n) is 8.95. The number of benzene rings is 1. The van der Waals surface area contributed by atoms with E-state index in [-0.39, 0.29) is 40.9 Å². The van der Waals surface area contributed by atoms with E-state index in [2.05, 4.69) is 11.8 Å². The third kappa shape index (κ3) is 4.05. The number of imide groups is 1. The minimum Gasteiger partial charge on any atom is -0.368 e. The molecule has 3 atom stereocenters. The summed E-state index contributed by atoms with van der Waals surface area (Å²) in [6, 6.07) is 4.63. The van der Waals surface area contributed by atoms with E-state index in [9.17, 15) is 24.5 Å². The highest BCUT2D eigenvalue weighted by Gasteiger charge is 2.50. The molecule has 0 unspecified atom stereocenters. The molecule has 3 saturated heterocycles. The van der Waals surface area contributed by atoms with Crippen molar-refractivity contribution in [3.05, 3.63) is 28.3 Å². The van der Waals surface area contributed by atoms with Gasteiger partial charge in [0.2, 0.25) is 17.7 Å². The van der Waals surface area contributed by atoms with Crippen molar-refractivity contribution in [3.8, 4) is 0 Å². The highest BCUT2D eigenvalue weighted by molar-refractivity contribution is 6.22. The summed E-state index contributed by atoms with van der Waals surface area (Å²) in [5.41, 5.74) is 5.74. The van der Waals surface area contributed by atoms with Crippen molar-refractivity contribution in [2.45, 2.75) is 63.8 Å². The van der Waals surface area contributed by atoms with Gasteiger partial charge in [0.15, 0.2) is 0 Å². The summed E-state index contributed by atoms with van der Waals surface area (Å²) in [5.74, 6) is -1.09.